The minimum atomic E-state index is -3.00. The lowest BCUT2D eigenvalue weighted by atomic mass is 9.97. The van der Waals surface area contributed by atoms with Crippen molar-refractivity contribution in [1.82, 2.24) is 4.98 Å². The second kappa shape index (κ2) is 5.04. The molecule has 17 heavy (non-hydrogen) atoms. The molecule has 0 N–H and O–H groups in total. The van der Waals surface area contributed by atoms with E-state index in [4.69, 9.17) is 4.74 Å². The van der Waals surface area contributed by atoms with Crippen molar-refractivity contribution < 1.29 is 13.2 Å². The zero-order chi connectivity index (χ0) is 12.5. The van der Waals surface area contributed by atoms with Crippen molar-refractivity contribution >= 4 is 25.8 Å². The SMILES string of the molecule is CCS(=O)(=O)CC1COCc2c(Br)cncc21. The van der Waals surface area contributed by atoms with E-state index in [1.807, 2.05) is 0 Å². The summed E-state index contributed by atoms with van der Waals surface area (Å²) in [6.45, 7) is 2.63. The second-order valence-corrected chi connectivity index (χ2v) is 7.35. The van der Waals surface area contributed by atoms with Crippen LogP contribution in [0.2, 0.25) is 0 Å². The molecule has 0 aromatic carbocycles. The van der Waals surface area contributed by atoms with E-state index in [9.17, 15) is 8.42 Å². The van der Waals surface area contributed by atoms with Gasteiger partial charge in [0.15, 0.2) is 9.84 Å². The Labute approximate surface area is 109 Å². The lowest BCUT2D eigenvalue weighted by Crippen LogP contribution is -2.25. The van der Waals surface area contributed by atoms with Gasteiger partial charge in [0.25, 0.3) is 0 Å². The van der Waals surface area contributed by atoms with Crippen LogP contribution in [0.15, 0.2) is 16.9 Å². The van der Waals surface area contributed by atoms with Gasteiger partial charge in [-0.25, -0.2) is 8.42 Å². The standard InChI is InChI=1S/C11H14BrNO3S/c1-2-17(14,15)7-8-5-16-6-10-9(8)3-13-4-11(10)12/h3-4,8H,2,5-7H2,1H3. The van der Waals surface area contributed by atoms with Crippen LogP contribution in [-0.4, -0.2) is 31.5 Å². The minimum absolute atomic E-state index is 0.103. The van der Waals surface area contributed by atoms with Crippen LogP contribution in [0.4, 0.5) is 0 Å². The predicted octanol–water partition coefficient (Wildman–Crippen LogP) is 1.89. The molecule has 1 atom stereocenters. The van der Waals surface area contributed by atoms with Crippen LogP contribution in [0.5, 0.6) is 0 Å². The minimum Gasteiger partial charge on any atom is -0.376 e. The number of nitrogens with zero attached hydrogens (tertiary/aromatic N) is 1. The Bertz CT molecular complexity index is 515. The fourth-order valence-electron chi connectivity index (χ4n) is 1.94. The lowest BCUT2D eigenvalue weighted by Gasteiger charge is -2.25. The van der Waals surface area contributed by atoms with Gasteiger partial charge in [0, 0.05) is 28.5 Å². The third-order valence-electron chi connectivity index (χ3n) is 2.94. The number of fused-ring (bicyclic) bond motifs is 1. The van der Waals surface area contributed by atoms with Crippen LogP contribution in [0.3, 0.4) is 0 Å². The molecule has 4 nitrogen and oxygen atoms in total. The fourth-order valence-corrected chi connectivity index (χ4v) is 3.52. The van der Waals surface area contributed by atoms with Gasteiger partial charge in [0.2, 0.25) is 0 Å². The molecule has 0 saturated heterocycles. The highest BCUT2D eigenvalue weighted by Crippen LogP contribution is 2.31. The molecule has 6 heteroatoms. The van der Waals surface area contributed by atoms with E-state index in [0.717, 1.165) is 15.6 Å². The van der Waals surface area contributed by atoms with E-state index in [2.05, 4.69) is 20.9 Å². The smallest absolute Gasteiger partial charge is 0.150 e. The summed E-state index contributed by atoms with van der Waals surface area (Å²) < 4.78 is 29.7. The van der Waals surface area contributed by atoms with Crippen molar-refractivity contribution in [2.45, 2.75) is 19.4 Å². The normalized spacial score (nSPS) is 20.0. The van der Waals surface area contributed by atoms with Gasteiger partial charge in [-0.3, -0.25) is 4.98 Å². The largest absolute Gasteiger partial charge is 0.376 e. The molecule has 0 aliphatic carbocycles. The maximum atomic E-state index is 11.7. The Kier molecular flexibility index (Phi) is 3.85. The Morgan fingerprint density at radius 1 is 1.53 bits per heavy atom. The van der Waals surface area contributed by atoms with E-state index in [1.54, 1.807) is 19.3 Å². The zero-order valence-corrected chi connectivity index (χ0v) is 11.9. The average Bonchev–Trinajstić information content (AvgIpc) is 2.30. The lowest BCUT2D eigenvalue weighted by molar-refractivity contribution is 0.0949. The molecule has 0 spiro atoms. The van der Waals surface area contributed by atoms with Gasteiger partial charge in [0.1, 0.15) is 0 Å². The van der Waals surface area contributed by atoms with Crippen molar-refractivity contribution in [2.75, 3.05) is 18.1 Å². The quantitative estimate of drug-likeness (QED) is 0.853. The van der Waals surface area contributed by atoms with Crippen molar-refractivity contribution in [3.63, 3.8) is 0 Å². The van der Waals surface area contributed by atoms with Gasteiger partial charge in [-0.1, -0.05) is 6.92 Å². The molecule has 1 aliphatic rings. The summed E-state index contributed by atoms with van der Waals surface area (Å²) in [5, 5.41) is 0. The zero-order valence-electron chi connectivity index (χ0n) is 9.52. The summed E-state index contributed by atoms with van der Waals surface area (Å²) in [4.78, 5) is 4.11. The third-order valence-corrected chi connectivity index (χ3v) is 5.41. The maximum Gasteiger partial charge on any atom is 0.150 e. The van der Waals surface area contributed by atoms with E-state index in [-0.39, 0.29) is 17.4 Å². The molecule has 0 saturated carbocycles. The molecule has 2 rings (SSSR count). The molecule has 0 amide bonds. The summed E-state index contributed by atoms with van der Waals surface area (Å²) in [6.07, 6.45) is 3.46. The van der Waals surface area contributed by atoms with E-state index in [1.165, 1.54) is 0 Å². The second-order valence-electron chi connectivity index (χ2n) is 4.10. The molecular formula is C11H14BrNO3S. The topological polar surface area (TPSA) is 56.3 Å². The van der Waals surface area contributed by atoms with Crippen LogP contribution < -0.4 is 0 Å². The number of rotatable bonds is 3. The highest BCUT2D eigenvalue weighted by Gasteiger charge is 2.26. The molecule has 94 valence electrons. The summed E-state index contributed by atoms with van der Waals surface area (Å²) in [6, 6.07) is 0. The molecule has 1 aliphatic heterocycles. The number of aromatic nitrogens is 1. The predicted molar refractivity (Wildman–Crippen MR) is 68.7 cm³/mol. The number of hydrogen-bond acceptors (Lipinski definition) is 4. The first-order valence-corrected chi connectivity index (χ1v) is 8.05. The summed E-state index contributed by atoms with van der Waals surface area (Å²) in [7, 11) is -3.00. The van der Waals surface area contributed by atoms with Gasteiger partial charge in [-0.2, -0.15) is 0 Å². The Morgan fingerprint density at radius 3 is 3.00 bits per heavy atom. The molecule has 1 aromatic heterocycles. The van der Waals surface area contributed by atoms with Gasteiger partial charge in [0.05, 0.1) is 19.0 Å². The highest BCUT2D eigenvalue weighted by molar-refractivity contribution is 9.10. The highest BCUT2D eigenvalue weighted by atomic mass is 79.9. The van der Waals surface area contributed by atoms with Crippen molar-refractivity contribution in [2.24, 2.45) is 0 Å². The van der Waals surface area contributed by atoms with Crippen molar-refractivity contribution in [1.29, 1.82) is 0 Å². The van der Waals surface area contributed by atoms with Gasteiger partial charge >= 0.3 is 0 Å². The Hall–Kier alpha value is -0.460. The first-order valence-electron chi connectivity index (χ1n) is 5.44. The van der Waals surface area contributed by atoms with Crippen molar-refractivity contribution in [3.8, 4) is 0 Å². The van der Waals surface area contributed by atoms with E-state index in [0.29, 0.717) is 13.2 Å². The monoisotopic (exact) mass is 319 g/mol. The third kappa shape index (κ3) is 2.86. The number of ether oxygens (including phenoxy) is 1. The van der Waals surface area contributed by atoms with Crippen LogP contribution >= 0.6 is 15.9 Å². The summed E-state index contributed by atoms with van der Waals surface area (Å²) in [5.41, 5.74) is 2.00. The first kappa shape index (κ1) is 13.0. The first-order chi connectivity index (χ1) is 8.03. The molecule has 0 bridgehead atoms. The number of pyridine rings is 1. The van der Waals surface area contributed by atoms with Crippen LogP contribution in [-0.2, 0) is 21.2 Å². The maximum absolute atomic E-state index is 11.7. The van der Waals surface area contributed by atoms with E-state index >= 15 is 0 Å². The molecule has 2 heterocycles. The summed E-state index contributed by atoms with van der Waals surface area (Å²) in [5.74, 6) is 0.197. The molecule has 0 radical (unpaired) electrons. The van der Waals surface area contributed by atoms with E-state index < -0.39 is 9.84 Å². The number of hydrogen-bond donors (Lipinski definition) is 0. The molecular weight excluding hydrogens is 306 g/mol. The van der Waals surface area contributed by atoms with Crippen molar-refractivity contribution in [3.05, 3.63) is 28.0 Å². The van der Waals surface area contributed by atoms with Gasteiger partial charge in [-0.15, -0.1) is 0 Å². The Morgan fingerprint density at radius 2 is 2.29 bits per heavy atom. The average molecular weight is 320 g/mol. The van der Waals surface area contributed by atoms with Gasteiger partial charge in [-0.05, 0) is 27.1 Å². The molecule has 1 unspecified atom stereocenters. The molecule has 0 fully saturated rings. The molecule has 1 aromatic rings. The van der Waals surface area contributed by atoms with Crippen LogP contribution in [0.1, 0.15) is 24.0 Å². The van der Waals surface area contributed by atoms with Crippen LogP contribution in [0, 0.1) is 0 Å². The summed E-state index contributed by atoms with van der Waals surface area (Å²) >= 11 is 3.41. The number of sulfone groups is 1. The van der Waals surface area contributed by atoms with Crippen LogP contribution in [0.25, 0.3) is 0 Å². The fraction of sp³-hybridized carbons (Fsp3) is 0.545. The number of halogens is 1. The van der Waals surface area contributed by atoms with Gasteiger partial charge < -0.3 is 4.74 Å². The Balaban J connectivity index is 2.33.